The van der Waals surface area contributed by atoms with Gasteiger partial charge in [0, 0.05) is 16.6 Å². The van der Waals surface area contributed by atoms with Crippen molar-refractivity contribution in [2.45, 2.75) is 38.3 Å². The predicted octanol–water partition coefficient (Wildman–Crippen LogP) is 3.75. The van der Waals surface area contributed by atoms with Gasteiger partial charge in [-0.2, -0.15) is 5.10 Å². The molecule has 5 nitrogen and oxygen atoms in total. The zero-order valence-electron chi connectivity index (χ0n) is 12.8. The van der Waals surface area contributed by atoms with Crippen molar-refractivity contribution in [3.05, 3.63) is 46.6 Å². The molecule has 6 heteroatoms. The van der Waals surface area contributed by atoms with Crippen LogP contribution in [0.1, 0.15) is 31.2 Å². The summed E-state index contributed by atoms with van der Waals surface area (Å²) in [5.74, 6) is 0.139. The second kappa shape index (κ2) is 7.17. The lowest BCUT2D eigenvalue weighted by atomic mass is 9.86. The summed E-state index contributed by atoms with van der Waals surface area (Å²) >= 11 is 3.57. The van der Waals surface area contributed by atoms with E-state index in [0.717, 1.165) is 36.0 Å². The molecule has 3 rings (SSSR count). The average molecular weight is 378 g/mol. The molecule has 1 aromatic carbocycles. The van der Waals surface area contributed by atoms with Gasteiger partial charge in [-0.3, -0.25) is 4.79 Å². The van der Waals surface area contributed by atoms with Gasteiger partial charge in [0.2, 0.25) is 0 Å². The SMILES string of the molecule is O=C(O)C1CCC(Nc2ccnn2Cc2ccccc2Br)CC1. The summed E-state index contributed by atoms with van der Waals surface area (Å²) in [4.78, 5) is 11.0. The minimum Gasteiger partial charge on any atom is -0.481 e. The Morgan fingerprint density at radius 3 is 2.70 bits per heavy atom. The van der Waals surface area contributed by atoms with Crippen molar-refractivity contribution in [1.29, 1.82) is 0 Å². The molecular weight excluding hydrogens is 358 g/mol. The summed E-state index contributed by atoms with van der Waals surface area (Å²) in [7, 11) is 0. The smallest absolute Gasteiger partial charge is 0.306 e. The van der Waals surface area contributed by atoms with Gasteiger partial charge in [0.25, 0.3) is 0 Å². The minimum atomic E-state index is -0.664. The molecule has 0 atom stereocenters. The van der Waals surface area contributed by atoms with E-state index in [1.54, 1.807) is 6.20 Å². The molecule has 1 fully saturated rings. The number of anilines is 1. The molecule has 1 saturated carbocycles. The zero-order valence-corrected chi connectivity index (χ0v) is 14.4. The van der Waals surface area contributed by atoms with Crippen molar-refractivity contribution in [3.8, 4) is 0 Å². The number of carbonyl (C=O) groups is 1. The number of nitrogens with zero attached hydrogens (tertiary/aromatic N) is 2. The fourth-order valence-corrected chi connectivity index (χ4v) is 3.47. The molecule has 1 aliphatic rings. The van der Waals surface area contributed by atoms with Crippen LogP contribution in [0.2, 0.25) is 0 Å². The van der Waals surface area contributed by atoms with E-state index >= 15 is 0 Å². The number of benzene rings is 1. The van der Waals surface area contributed by atoms with Gasteiger partial charge in [-0.15, -0.1) is 0 Å². The first-order valence-corrected chi connectivity index (χ1v) is 8.67. The topological polar surface area (TPSA) is 67.2 Å². The van der Waals surface area contributed by atoms with E-state index in [1.807, 2.05) is 28.9 Å². The fraction of sp³-hybridized carbons (Fsp3) is 0.412. The van der Waals surface area contributed by atoms with Crippen LogP contribution in [0.15, 0.2) is 41.0 Å². The lowest BCUT2D eigenvalue weighted by molar-refractivity contribution is -0.142. The summed E-state index contributed by atoms with van der Waals surface area (Å²) < 4.78 is 3.02. The Morgan fingerprint density at radius 2 is 2.00 bits per heavy atom. The average Bonchev–Trinajstić information content (AvgIpc) is 2.97. The quantitative estimate of drug-likeness (QED) is 0.832. The van der Waals surface area contributed by atoms with Crippen molar-refractivity contribution in [2.75, 3.05) is 5.32 Å². The molecule has 1 aromatic heterocycles. The lowest BCUT2D eigenvalue weighted by Crippen LogP contribution is -2.30. The zero-order chi connectivity index (χ0) is 16.2. The fourth-order valence-electron chi connectivity index (χ4n) is 3.06. The molecule has 2 aromatic rings. The van der Waals surface area contributed by atoms with E-state index in [4.69, 9.17) is 5.11 Å². The summed E-state index contributed by atoms with van der Waals surface area (Å²) in [6, 6.07) is 10.4. The van der Waals surface area contributed by atoms with Crippen LogP contribution in [0.5, 0.6) is 0 Å². The highest BCUT2D eigenvalue weighted by Gasteiger charge is 2.26. The van der Waals surface area contributed by atoms with Crippen molar-refractivity contribution in [2.24, 2.45) is 5.92 Å². The number of aromatic nitrogens is 2. The Bertz CT molecular complexity index is 678. The van der Waals surface area contributed by atoms with Gasteiger partial charge in [-0.25, -0.2) is 4.68 Å². The maximum atomic E-state index is 11.0. The van der Waals surface area contributed by atoms with E-state index in [9.17, 15) is 4.79 Å². The third kappa shape index (κ3) is 3.93. The van der Waals surface area contributed by atoms with Gasteiger partial charge >= 0.3 is 5.97 Å². The molecule has 23 heavy (non-hydrogen) atoms. The Morgan fingerprint density at radius 1 is 1.26 bits per heavy atom. The summed E-state index contributed by atoms with van der Waals surface area (Å²) in [6.07, 6.45) is 5.05. The molecule has 0 saturated heterocycles. The molecule has 0 aliphatic heterocycles. The number of rotatable bonds is 5. The maximum Gasteiger partial charge on any atom is 0.306 e. The van der Waals surface area contributed by atoms with Crippen LogP contribution in [-0.2, 0) is 11.3 Å². The molecule has 2 N–H and O–H groups in total. The third-order valence-corrected chi connectivity index (χ3v) is 5.20. The molecule has 0 amide bonds. The first kappa shape index (κ1) is 16.1. The van der Waals surface area contributed by atoms with Gasteiger partial charge in [0.15, 0.2) is 0 Å². The lowest BCUT2D eigenvalue weighted by Gasteiger charge is -2.27. The van der Waals surface area contributed by atoms with E-state index in [-0.39, 0.29) is 5.92 Å². The highest BCUT2D eigenvalue weighted by atomic mass is 79.9. The van der Waals surface area contributed by atoms with E-state index < -0.39 is 5.97 Å². The molecule has 0 unspecified atom stereocenters. The Kier molecular flexibility index (Phi) is 5.00. The number of carboxylic acids is 1. The number of halogens is 1. The van der Waals surface area contributed by atoms with Crippen LogP contribution < -0.4 is 5.32 Å². The third-order valence-electron chi connectivity index (χ3n) is 4.42. The molecule has 0 radical (unpaired) electrons. The number of carboxylic acid groups (broad SMARTS) is 1. The van der Waals surface area contributed by atoms with E-state index in [0.29, 0.717) is 12.6 Å². The highest BCUT2D eigenvalue weighted by Crippen LogP contribution is 2.27. The van der Waals surface area contributed by atoms with Crippen molar-refractivity contribution in [3.63, 3.8) is 0 Å². The van der Waals surface area contributed by atoms with Gasteiger partial charge in [-0.05, 0) is 37.3 Å². The molecule has 122 valence electrons. The van der Waals surface area contributed by atoms with Crippen LogP contribution in [-0.4, -0.2) is 26.9 Å². The van der Waals surface area contributed by atoms with Gasteiger partial charge in [-0.1, -0.05) is 34.1 Å². The second-order valence-corrected chi connectivity index (χ2v) is 6.85. The number of hydrogen-bond acceptors (Lipinski definition) is 3. The van der Waals surface area contributed by atoms with Crippen LogP contribution in [0.25, 0.3) is 0 Å². The van der Waals surface area contributed by atoms with Crippen molar-refractivity contribution >= 4 is 27.7 Å². The first-order valence-electron chi connectivity index (χ1n) is 7.88. The Balaban J connectivity index is 1.63. The molecule has 1 heterocycles. The van der Waals surface area contributed by atoms with Crippen molar-refractivity contribution in [1.82, 2.24) is 9.78 Å². The normalized spacial score (nSPS) is 21.1. The summed E-state index contributed by atoms with van der Waals surface area (Å²) in [5, 5.41) is 17.0. The van der Waals surface area contributed by atoms with E-state index in [1.165, 1.54) is 5.56 Å². The highest BCUT2D eigenvalue weighted by molar-refractivity contribution is 9.10. The molecule has 1 aliphatic carbocycles. The van der Waals surface area contributed by atoms with Crippen LogP contribution >= 0.6 is 15.9 Å². The number of aliphatic carboxylic acids is 1. The Hall–Kier alpha value is -1.82. The standard InChI is InChI=1S/C17H20BrN3O2/c18-15-4-2-1-3-13(15)11-21-16(9-10-19-21)20-14-7-5-12(6-8-14)17(22)23/h1-4,9-10,12,14,20H,5-8,11H2,(H,22,23). The number of nitrogens with one attached hydrogen (secondary N) is 1. The minimum absolute atomic E-state index is 0.182. The van der Waals surface area contributed by atoms with Crippen LogP contribution in [0.3, 0.4) is 0 Å². The van der Waals surface area contributed by atoms with Gasteiger partial charge in [0.1, 0.15) is 5.82 Å². The largest absolute Gasteiger partial charge is 0.481 e. The van der Waals surface area contributed by atoms with Gasteiger partial charge in [0.05, 0.1) is 18.7 Å². The Labute approximate surface area is 143 Å². The predicted molar refractivity (Wildman–Crippen MR) is 92.5 cm³/mol. The van der Waals surface area contributed by atoms with Crippen LogP contribution in [0, 0.1) is 5.92 Å². The van der Waals surface area contributed by atoms with Gasteiger partial charge < -0.3 is 10.4 Å². The molecule has 0 bridgehead atoms. The van der Waals surface area contributed by atoms with Crippen molar-refractivity contribution < 1.29 is 9.90 Å². The number of hydrogen-bond donors (Lipinski definition) is 2. The summed E-state index contributed by atoms with van der Waals surface area (Å²) in [6.45, 7) is 0.696. The van der Waals surface area contributed by atoms with E-state index in [2.05, 4.69) is 32.4 Å². The second-order valence-electron chi connectivity index (χ2n) is 6.00. The first-order chi connectivity index (χ1) is 11.1. The van der Waals surface area contributed by atoms with Crippen LogP contribution in [0.4, 0.5) is 5.82 Å². The monoisotopic (exact) mass is 377 g/mol. The summed E-state index contributed by atoms with van der Waals surface area (Å²) in [5.41, 5.74) is 1.17. The maximum absolute atomic E-state index is 11.0. The molecule has 0 spiro atoms. The molecular formula is C17H20BrN3O2.